The number of hydrogen-bond donors (Lipinski definition) is 0. The number of halogens is 2. The first-order valence-electron chi connectivity index (χ1n) is 7.49. The van der Waals surface area contributed by atoms with Crippen LogP contribution in [0.25, 0.3) is 0 Å². The average molecular weight is 390 g/mol. The molecule has 0 aromatic heterocycles. The molecule has 1 fully saturated rings. The molecule has 5 heteroatoms. The highest BCUT2D eigenvalue weighted by Crippen LogP contribution is 2.58. The molecule has 22 heavy (non-hydrogen) atoms. The molecule has 0 heterocycles. The second-order valence-corrected chi connectivity index (χ2v) is 7.93. The zero-order chi connectivity index (χ0) is 16.5. The third-order valence-electron chi connectivity index (χ3n) is 3.68. The van der Waals surface area contributed by atoms with Gasteiger partial charge >= 0.3 is 5.97 Å². The lowest BCUT2D eigenvalue weighted by molar-refractivity contribution is -0.168. The van der Waals surface area contributed by atoms with Crippen LogP contribution >= 0.6 is 27.5 Å². The molecular weight excluding hydrogens is 368 g/mol. The Bertz CT molecular complexity index is 562. The molecule has 0 N–H and O–H groups in total. The van der Waals surface area contributed by atoms with Gasteiger partial charge in [0.1, 0.15) is 5.60 Å². The Balaban J connectivity index is 2.31. The second kappa shape index (κ2) is 6.50. The van der Waals surface area contributed by atoms with E-state index in [0.717, 1.165) is 22.9 Å². The van der Waals surface area contributed by atoms with Crippen molar-refractivity contribution in [2.45, 2.75) is 52.2 Å². The van der Waals surface area contributed by atoms with Crippen LogP contribution in [0, 0.1) is 5.41 Å². The monoisotopic (exact) mass is 388 g/mol. The van der Waals surface area contributed by atoms with E-state index in [0.29, 0.717) is 11.6 Å². The summed E-state index contributed by atoms with van der Waals surface area (Å²) in [5.74, 6) is -0.176. The Labute approximate surface area is 145 Å². The zero-order valence-corrected chi connectivity index (χ0v) is 15.8. The quantitative estimate of drug-likeness (QED) is 0.641. The van der Waals surface area contributed by atoms with E-state index in [4.69, 9.17) is 21.1 Å². The molecule has 1 atom stereocenters. The molecule has 1 aliphatic carbocycles. The Hall–Kier alpha value is -0.580. The number of benzene rings is 1. The van der Waals surface area contributed by atoms with Crippen molar-refractivity contribution in [1.82, 2.24) is 0 Å². The maximum Gasteiger partial charge on any atom is 0.315 e. The van der Waals surface area contributed by atoms with Gasteiger partial charge in [-0.1, -0.05) is 17.7 Å². The molecule has 1 aliphatic rings. The summed E-state index contributed by atoms with van der Waals surface area (Å²) in [5, 5.41) is 0.640. The molecular formula is C17H22BrClO3. The minimum Gasteiger partial charge on any atom is -0.459 e. The van der Waals surface area contributed by atoms with E-state index in [9.17, 15) is 4.79 Å². The lowest BCUT2D eigenvalue weighted by atomic mass is 9.92. The predicted octanol–water partition coefficient (Wildman–Crippen LogP) is 5.30. The van der Waals surface area contributed by atoms with E-state index in [1.807, 2.05) is 45.9 Å². The van der Waals surface area contributed by atoms with Crippen LogP contribution in [0.5, 0.6) is 0 Å². The van der Waals surface area contributed by atoms with Gasteiger partial charge in [0.25, 0.3) is 0 Å². The molecule has 0 bridgehead atoms. The van der Waals surface area contributed by atoms with Crippen LogP contribution in [0.1, 0.15) is 52.2 Å². The van der Waals surface area contributed by atoms with E-state index < -0.39 is 11.0 Å². The number of esters is 1. The van der Waals surface area contributed by atoms with Crippen LogP contribution in [-0.2, 0) is 14.3 Å². The van der Waals surface area contributed by atoms with Crippen molar-refractivity contribution in [1.29, 1.82) is 0 Å². The molecule has 1 saturated carbocycles. The van der Waals surface area contributed by atoms with Gasteiger partial charge in [-0.3, -0.25) is 4.79 Å². The Morgan fingerprint density at radius 1 is 1.41 bits per heavy atom. The van der Waals surface area contributed by atoms with Gasteiger partial charge in [0.2, 0.25) is 0 Å². The lowest BCUT2D eigenvalue weighted by Crippen LogP contribution is -2.34. The summed E-state index contributed by atoms with van der Waals surface area (Å²) in [4.78, 5) is 12.6. The second-order valence-electron chi connectivity index (χ2n) is 6.67. The van der Waals surface area contributed by atoms with Crippen molar-refractivity contribution in [2.24, 2.45) is 5.41 Å². The molecule has 1 aromatic rings. The summed E-state index contributed by atoms with van der Waals surface area (Å²) in [5.41, 5.74) is -0.123. The summed E-state index contributed by atoms with van der Waals surface area (Å²) < 4.78 is 12.3. The minimum absolute atomic E-state index is 0.176. The van der Waals surface area contributed by atoms with Gasteiger partial charge in [-0.05, 0) is 74.2 Å². The highest BCUT2D eigenvalue weighted by atomic mass is 79.9. The standard InChI is InChI=1S/C17H22BrClO3/c1-5-21-14(11-6-7-13(19)12(18)10-11)17(8-9-17)15(20)22-16(2,3)4/h6-7,10,14H,5,8-9H2,1-4H3. The molecule has 0 amide bonds. The van der Waals surface area contributed by atoms with Gasteiger partial charge in [0, 0.05) is 11.1 Å². The van der Waals surface area contributed by atoms with Gasteiger partial charge in [-0.15, -0.1) is 0 Å². The number of carbonyl (C=O) groups is 1. The van der Waals surface area contributed by atoms with Crippen LogP contribution < -0.4 is 0 Å². The number of ether oxygens (including phenoxy) is 2. The summed E-state index contributed by atoms with van der Waals surface area (Å²) in [6.07, 6.45) is 1.26. The maximum absolute atomic E-state index is 12.6. The first-order valence-corrected chi connectivity index (χ1v) is 8.67. The summed E-state index contributed by atoms with van der Waals surface area (Å²) >= 11 is 9.50. The third kappa shape index (κ3) is 3.84. The van der Waals surface area contributed by atoms with Gasteiger partial charge in [0.05, 0.1) is 16.5 Å². The van der Waals surface area contributed by atoms with E-state index in [1.54, 1.807) is 0 Å². The van der Waals surface area contributed by atoms with E-state index in [1.165, 1.54) is 0 Å². The van der Waals surface area contributed by atoms with Crippen molar-refractivity contribution in [3.8, 4) is 0 Å². The van der Waals surface area contributed by atoms with Gasteiger partial charge < -0.3 is 9.47 Å². The Kier molecular flexibility index (Phi) is 5.25. The van der Waals surface area contributed by atoms with Crippen molar-refractivity contribution < 1.29 is 14.3 Å². The molecule has 0 spiro atoms. The maximum atomic E-state index is 12.6. The van der Waals surface area contributed by atoms with E-state index in [-0.39, 0.29) is 12.1 Å². The normalized spacial score (nSPS) is 17.9. The van der Waals surface area contributed by atoms with Crippen molar-refractivity contribution >= 4 is 33.5 Å². The fourth-order valence-corrected chi connectivity index (χ4v) is 3.02. The zero-order valence-electron chi connectivity index (χ0n) is 13.4. The van der Waals surface area contributed by atoms with Crippen molar-refractivity contribution in [3.05, 3.63) is 33.3 Å². The third-order valence-corrected chi connectivity index (χ3v) is 4.89. The summed E-state index contributed by atoms with van der Waals surface area (Å²) in [6, 6.07) is 5.66. The van der Waals surface area contributed by atoms with Crippen molar-refractivity contribution in [2.75, 3.05) is 6.61 Å². The largest absolute Gasteiger partial charge is 0.459 e. The van der Waals surface area contributed by atoms with E-state index in [2.05, 4.69) is 15.9 Å². The van der Waals surface area contributed by atoms with Gasteiger partial charge in [0.15, 0.2) is 0 Å². The first kappa shape index (κ1) is 17.8. The van der Waals surface area contributed by atoms with E-state index >= 15 is 0 Å². The molecule has 0 saturated heterocycles. The highest BCUT2D eigenvalue weighted by Gasteiger charge is 2.59. The molecule has 1 aromatic carbocycles. The van der Waals surface area contributed by atoms with Crippen molar-refractivity contribution in [3.63, 3.8) is 0 Å². The fraction of sp³-hybridized carbons (Fsp3) is 0.588. The Morgan fingerprint density at radius 2 is 2.05 bits per heavy atom. The number of hydrogen-bond acceptors (Lipinski definition) is 3. The van der Waals surface area contributed by atoms with Crippen LogP contribution in [0.3, 0.4) is 0 Å². The first-order chi connectivity index (χ1) is 10.2. The smallest absolute Gasteiger partial charge is 0.315 e. The lowest BCUT2D eigenvalue weighted by Gasteiger charge is -2.29. The molecule has 3 nitrogen and oxygen atoms in total. The summed E-state index contributed by atoms with van der Waals surface area (Å²) in [6.45, 7) is 8.12. The highest BCUT2D eigenvalue weighted by molar-refractivity contribution is 9.10. The molecule has 0 aliphatic heterocycles. The summed E-state index contributed by atoms with van der Waals surface area (Å²) in [7, 11) is 0. The van der Waals surface area contributed by atoms with Crippen LogP contribution in [-0.4, -0.2) is 18.2 Å². The number of carbonyl (C=O) groups excluding carboxylic acids is 1. The predicted molar refractivity (Wildman–Crippen MR) is 91.0 cm³/mol. The molecule has 122 valence electrons. The molecule has 2 rings (SSSR count). The van der Waals surface area contributed by atoms with Crippen LogP contribution in [0.15, 0.2) is 22.7 Å². The average Bonchev–Trinajstić information content (AvgIpc) is 3.19. The molecule has 0 radical (unpaired) electrons. The Morgan fingerprint density at radius 3 is 2.50 bits per heavy atom. The van der Waals surface area contributed by atoms with Crippen LogP contribution in [0.2, 0.25) is 5.02 Å². The minimum atomic E-state index is -0.573. The van der Waals surface area contributed by atoms with Gasteiger partial charge in [-0.2, -0.15) is 0 Å². The van der Waals surface area contributed by atoms with Gasteiger partial charge in [-0.25, -0.2) is 0 Å². The topological polar surface area (TPSA) is 35.5 Å². The fourth-order valence-electron chi connectivity index (χ4n) is 2.50. The molecule has 1 unspecified atom stereocenters. The number of rotatable bonds is 5. The SMILES string of the molecule is CCOC(c1ccc(Cl)c(Br)c1)C1(C(=O)OC(C)(C)C)CC1. The van der Waals surface area contributed by atoms with Crippen LogP contribution in [0.4, 0.5) is 0 Å².